The van der Waals surface area contributed by atoms with E-state index in [-0.39, 0.29) is 52.9 Å². The van der Waals surface area contributed by atoms with Crippen LogP contribution < -0.4 is 17.9 Å². The Morgan fingerprint density at radius 1 is 1.00 bits per heavy atom. The molecule has 1 heterocycles. The predicted octanol–water partition coefficient (Wildman–Crippen LogP) is 5.54. The Balaban J connectivity index is 1.76. The molecule has 0 aliphatic carbocycles. The number of methoxy groups -OCH3 is 2. The molecule has 0 amide bonds. The van der Waals surface area contributed by atoms with Crippen molar-refractivity contribution >= 4 is 34.5 Å². The number of aryl methyl sites for hydroxylation is 1. The van der Waals surface area contributed by atoms with Crippen LogP contribution in [0.4, 0.5) is 5.69 Å². The molecule has 1 unspecified atom stereocenters. The monoisotopic (exact) mass is 603 g/mol. The van der Waals surface area contributed by atoms with Crippen LogP contribution in [-0.4, -0.2) is 54.7 Å². The highest BCUT2D eigenvalue weighted by molar-refractivity contribution is 8.06. The standard InChI is InChI=1S/C29H33NO9S2/c1-20-11-13-22(14-12-20)41(32,33)30(40)23-18-21(29(31)35-3)19-26(36-16-17-38-27-10-6-7-15-37-27)28(23)39-25-9-5-4-8-24(25)34-2/h4-5,8-9,11-14,18-19,27,40H,6-7,10,15-17H2,1-3H3. The van der Waals surface area contributed by atoms with E-state index in [1.54, 1.807) is 36.4 Å². The first kappa shape index (κ1) is 30.5. The topological polar surface area (TPSA) is 110 Å². The van der Waals surface area contributed by atoms with Crippen molar-refractivity contribution in [3.05, 3.63) is 71.8 Å². The minimum Gasteiger partial charge on any atom is -0.493 e. The Bertz CT molecular complexity index is 1440. The molecular weight excluding hydrogens is 570 g/mol. The number of sulfonamides is 1. The van der Waals surface area contributed by atoms with Crippen LogP contribution in [-0.2, 0) is 24.2 Å². The Kier molecular flexibility index (Phi) is 10.4. The van der Waals surface area contributed by atoms with E-state index in [4.69, 9.17) is 28.4 Å². The van der Waals surface area contributed by atoms with E-state index >= 15 is 0 Å². The van der Waals surface area contributed by atoms with Gasteiger partial charge in [0.2, 0.25) is 0 Å². The van der Waals surface area contributed by atoms with Crippen LogP contribution in [0.25, 0.3) is 0 Å². The third-order valence-corrected chi connectivity index (χ3v) is 8.65. The maximum Gasteiger partial charge on any atom is 0.338 e. The molecule has 1 aliphatic rings. The van der Waals surface area contributed by atoms with Gasteiger partial charge in [-0.2, -0.15) is 0 Å². The molecule has 0 bridgehead atoms. The third kappa shape index (κ3) is 7.45. The van der Waals surface area contributed by atoms with Crippen molar-refractivity contribution in [1.82, 2.24) is 0 Å². The summed E-state index contributed by atoms with van der Waals surface area (Å²) in [7, 11) is -1.50. The molecule has 12 heteroatoms. The molecule has 0 spiro atoms. The van der Waals surface area contributed by atoms with E-state index in [0.717, 1.165) is 28.5 Å². The van der Waals surface area contributed by atoms with Gasteiger partial charge in [0.1, 0.15) is 12.3 Å². The molecule has 3 aromatic carbocycles. The van der Waals surface area contributed by atoms with Crippen molar-refractivity contribution < 1.29 is 41.6 Å². The van der Waals surface area contributed by atoms with Crippen molar-refractivity contribution in [3.63, 3.8) is 0 Å². The highest BCUT2D eigenvalue weighted by Gasteiger charge is 2.30. The van der Waals surface area contributed by atoms with Crippen molar-refractivity contribution in [3.8, 4) is 23.0 Å². The summed E-state index contributed by atoms with van der Waals surface area (Å²) in [6.07, 6.45) is 2.48. The van der Waals surface area contributed by atoms with E-state index < -0.39 is 16.0 Å². The predicted molar refractivity (Wildman–Crippen MR) is 156 cm³/mol. The second kappa shape index (κ2) is 13.9. The number of rotatable bonds is 12. The number of carbonyl (C=O) groups is 1. The highest BCUT2D eigenvalue weighted by atomic mass is 32.3. The number of hydrogen-bond donors (Lipinski definition) is 1. The lowest BCUT2D eigenvalue weighted by atomic mass is 10.1. The van der Waals surface area contributed by atoms with Gasteiger partial charge < -0.3 is 28.4 Å². The lowest BCUT2D eigenvalue weighted by molar-refractivity contribution is -0.165. The lowest BCUT2D eigenvalue weighted by Crippen LogP contribution is -2.24. The number of anilines is 1. The molecule has 1 saturated heterocycles. The van der Waals surface area contributed by atoms with Gasteiger partial charge in [-0.3, -0.25) is 0 Å². The normalized spacial score (nSPS) is 15.2. The summed E-state index contributed by atoms with van der Waals surface area (Å²) in [6, 6.07) is 15.9. The molecule has 4 rings (SSSR count). The molecule has 0 N–H and O–H groups in total. The first-order valence-electron chi connectivity index (χ1n) is 13.0. The van der Waals surface area contributed by atoms with Crippen LogP contribution in [0.1, 0.15) is 35.2 Å². The lowest BCUT2D eigenvalue weighted by Gasteiger charge is -2.25. The number of nitrogens with zero attached hydrogens (tertiary/aromatic N) is 1. The summed E-state index contributed by atoms with van der Waals surface area (Å²) >= 11 is 4.38. The van der Waals surface area contributed by atoms with Crippen LogP contribution in [0.15, 0.2) is 65.6 Å². The highest BCUT2D eigenvalue weighted by Crippen LogP contribution is 2.46. The summed E-state index contributed by atoms with van der Waals surface area (Å²) in [5.41, 5.74) is 0.841. The smallest absolute Gasteiger partial charge is 0.338 e. The molecule has 0 aromatic heterocycles. The maximum absolute atomic E-state index is 13.6. The maximum atomic E-state index is 13.6. The zero-order valence-corrected chi connectivity index (χ0v) is 24.8. The van der Waals surface area contributed by atoms with E-state index in [1.165, 1.54) is 38.5 Å². The van der Waals surface area contributed by atoms with Crippen LogP contribution >= 0.6 is 12.8 Å². The van der Waals surface area contributed by atoms with Crippen LogP contribution in [0, 0.1) is 6.92 Å². The summed E-state index contributed by atoms with van der Waals surface area (Å²) in [5.74, 6) is 0.0303. The largest absolute Gasteiger partial charge is 0.493 e. The fourth-order valence-electron chi connectivity index (χ4n) is 4.10. The number of carbonyl (C=O) groups excluding carboxylic acids is 1. The molecule has 1 aliphatic heterocycles. The first-order chi connectivity index (χ1) is 19.7. The van der Waals surface area contributed by atoms with Gasteiger partial charge in [-0.05, 0) is 75.4 Å². The quantitative estimate of drug-likeness (QED) is 0.162. The minimum atomic E-state index is -4.21. The van der Waals surface area contributed by atoms with Crippen LogP contribution in [0.2, 0.25) is 0 Å². The summed E-state index contributed by atoms with van der Waals surface area (Å²) < 4.78 is 62.0. The van der Waals surface area contributed by atoms with Gasteiger partial charge in [0.05, 0.1) is 31.3 Å². The fourth-order valence-corrected chi connectivity index (χ4v) is 5.61. The molecule has 1 fully saturated rings. The SMILES string of the molecule is COC(=O)c1cc(OCCOC2CCCCO2)c(Oc2ccccc2OC)c(N(S)S(=O)(=O)c2ccc(C)cc2)c1. The van der Waals surface area contributed by atoms with E-state index in [2.05, 4.69) is 12.8 Å². The zero-order chi connectivity index (χ0) is 29.4. The van der Waals surface area contributed by atoms with Gasteiger partial charge in [-0.1, -0.05) is 29.8 Å². The molecule has 220 valence electrons. The van der Waals surface area contributed by atoms with Crippen molar-refractivity contribution in [2.45, 2.75) is 37.4 Å². The fraction of sp³-hybridized carbons (Fsp3) is 0.345. The zero-order valence-electron chi connectivity index (χ0n) is 23.1. The molecule has 1 atom stereocenters. The number of esters is 1. The van der Waals surface area contributed by atoms with Gasteiger partial charge in [0.25, 0.3) is 10.0 Å². The number of hydrogen-bond acceptors (Lipinski definition) is 10. The van der Waals surface area contributed by atoms with Crippen molar-refractivity contribution in [1.29, 1.82) is 0 Å². The van der Waals surface area contributed by atoms with Gasteiger partial charge in [0, 0.05) is 6.61 Å². The van der Waals surface area contributed by atoms with E-state index in [0.29, 0.717) is 12.4 Å². The second-order valence-corrected chi connectivity index (χ2v) is 11.6. The first-order valence-corrected chi connectivity index (χ1v) is 14.8. The number of benzene rings is 3. The second-order valence-electron chi connectivity index (χ2n) is 9.14. The van der Waals surface area contributed by atoms with Crippen LogP contribution in [0.3, 0.4) is 0 Å². The molecular formula is C29H33NO9S2. The molecule has 10 nitrogen and oxygen atoms in total. The van der Waals surface area contributed by atoms with Crippen LogP contribution in [0.5, 0.6) is 23.0 Å². The summed E-state index contributed by atoms with van der Waals surface area (Å²) in [5, 5.41) is 0. The van der Waals surface area contributed by atoms with Gasteiger partial charge in [-0.25, -0.2) is 16.9 Å². The average molecular weight is 604 g/mol. The van der Waals surface area contributed by atoms with Gasteiger partial charge in [-0.15, -0.1) is 0 Å². The average Bonchev–Trinajstić information content (AvgIpc) is 3.00. The summed E-state index contributed by atoms with van der Waals surface area (Å²) in [4.78, 5) is 12.6. The third-order valence-electron chi connectivity index (χ3n) is 6.27. The molecule has 3 aromatic rings. The Morgan fingerprint density at radius 3 is 2.39 bits per heavy atom. The van der Waals surface area contributed by atoms with Crippen molar-refractivity contribution in [2.75, 3.05) is 37.8 Å². The number of ether oxygens (including phenoxy) is 6. The van der Waals surface area contributed by atoms with E-state index in [1.807, 2.05) is 6.92 Å². The Labute approximate surface area is 245 Å². The molecule has 0 saturated carbocycles. The number of thiol groups is 1. The molecule has 0 radical (unpaired) electrons. The Morgan fingerprint density at radius 2 is 1.73 bits per heavy atom. The van der Waals surface area contributed by atoms with Gasteiger partial charge in [0.15, 0.2) is 29.3 Å². The Hall–Kier alpha value is -3.45. The van der Waals surface area contributed by atoms with E-state index in [9.17, 15) is 13.2 Å². The van der Waals surface area contributed by atoms with Crippen molar-refractivity contribution in [2.24, 2.45) is 0 Å². The molecule has 41 heavy (non-hydrogen) atoms. The minimum absolute atomic E-state index is 0.00633. The van der Waals surface area contributed by atoms with Gasteiger partial charge >= 0.3 is 5.97 Å². The number of para-hydroxylation sites is 2. The summed E-state index contributed by atoms with van der Waals surface area (Å²) in [6.45, 7) is 2.73.